The van der Waals surface area contributed by atoms with Crippen molar-refractivity contribution in [3.8, 4) is 22.1 Å². The third-order valence-electron chi connectivity index (χ3n) is 5.96. The Hall–Kier alpha value is -3.47. The van der Waals surface area contributed by atoms with Gasteiger partial charge in [0.15, 0.2) is 0 Å². The van der Waals surface area contributed by atoms with E-state index in [0.717, 1.165) is 10.2 Å². The number of nitrogens with zero attached hydrogens (tertiary/aromatic N) is 2. The van der Waals surface area contributed by atoms with E-state index in [1.54, 1.807) is 24.3 Å². The minimum Gasteiger partial charge on any atom is -0.507 e. The van der Waals surface area contributed by atoms with Crippen LogP contribution in [0.15, 0.2) is 71.6 Å². The molecule has 0 bridgehead atoms. The molecule has 1 saturated heterocycles. The number of aromatic hydroxyl groups is 1. The van der Waals surface area contributed by atoms with Crippen molar-refractivity contribution in [3.05, 3.63) is 66.7 Å². The molecule has 2 heterocycles. The molecule has 4 aromatic rings. The topological polar surface area (TPSA) is 109 Å². The molecule has 0 aliphatic carbocycles. The number of sulfonamides is 1. The largest absolute Gasteiger partial charge is 0.507 e. The molecule has 0 radical (unpaired) electrons. The first-order valence-corrected chi connectivity index (χ1v) is 13.3. The van der Waals surface area contributed by atoms with Crippen LogP contribution in [0.1, 0.15) is 12.8 Å². The number of hydrogen-bond donors (Lipinski definition) is 2. The van der Waals surface area contributed by atoms with Crippen molar-refractivity contribution in [2.75, 3.05) is 19.0 Å². The third-order valence-corrected chi connectivity index (χ3v) is 8.95. The first kappa shape index (κ1) is 23.3. The Morgan fingerprint density at radius 2 is 1.91 bits per heavy atom. The van der Waals surface area contributed by atoms with Gasteiger partial charge in [0.25, 0.3) is 0 Å². The molecule has 180 valence electrons. The van der Waals surface area contributed by atoms with Crippen LogP contribution in [0.5, 0.6) is 11.5 Å². The first-order valence-electron chi connectivity index (χ1n) is 11.0. The van der Waals surface area contributed by atoms with Gasteiger partial charge in [0.2, 0.25) is 15.9 Å². The van der Waals surface area contributed by atoms with Crippen LogP contribution in [0.2, 0.25) is 0 Å². The number of thiazole rings is 1. The number of phenolic OH excluding ortho intramolecular Hbond substituents is 1. The van der Waals surface area contributed by atoms with E-state index in [9.17, 15) is 18.3 Å². The molecule has 1 aromatic heterocycles. The fourth-order valence-electron chi connectivity index (χ4n) is 4.18. The van der Waals surface area contributed by atoms with Gasteiger partial charge in [0.1, 0.15) is 22.5 Å². The smallest absolute Gasteiger partial charge is 0.243 e. The molecule has 10 heteroatoms. The second-order valence-electron chi connectivity index (χ2n) is 8.16. The molecule has 35 heavy (non-hydrogen) atoms. The van der Waals surface area contributed by atoms with Crippen molar-refractivity contribution >= 4 is 43.2 Å². The second kappa shape index (κ2) is 9.29. The third kappa shape index (κ3) is 4.47. The maximum atomic E-state index is 13.2. The molecule has 1 aliphatic rings. The predicted molar refractivity (Wildman–Crippen MR) is 135 cm³/mol. The Morgan fingerprint density at radius 3 is 2.63 bits per heavy atom. The molecule has 3 aromatic carbocycles. The molecule has 8 nitrogen and oxygen atoms in total. The van der Waals surface area contributed by atoms with Crippen LogP contribution >= 0.6 is 11.3 Å². The van der Waals surface area contributed by atoms with Gasteiger partial charge in [-0.2, -0.15) is 4.31 Å². The molecule has 1 fully saturated rings. The van der Waals surface area contributed by atoms with Crippen LogP contribution in [-0.2, 0) is 14.8 Å². The quantitative estimate of drug-likeness (QED) is 0.397. The van der Waals surface area contributed by atoms with Gasteiger partial charge in [0.05, 0.1) is 27.8 Å². The lowest BCUT2D eigenvalue weighted by molar-refractivity contribution is -0.119. The summed E-state index contributed by atoms with van der Waals surface area (Å²) in [5.41, 5.74) is 1.79. The number of carbonyl (C=O) groups excluding carboxylic acids is 1. The Bertz CT molecular complexity index is 1470. The van der Waals surface area contributed by atoms with Gasteiger partial charge >= 0.3 is 0 Å². The summed E-state index contributed by atoms with van der Waals surface area (Å²) in [6.07, 6.45) is 0.992. The summed E-state index contributed by atoms with van der Waals surface area (Å²) in [6, 6.07) is 17.8. The summed E-state index contributed by atoms with van der Waals surface area (Å²) in [4.78, 5) is 17.7. The maximum Gasteiger partial charge on any atom is 0.243 e. The number of amides is 1. The summed E-state index contributed by atoms with van der Waals surface area (Å²) in [5.74, 6) is 0.0940. The van der Waals surface area contributed by atoms with E-state index in [2.05, 4.69) is 10.3 Å². The molecule has 2 N–H and O–H groups in total. The highest BCUT2D eigenvalue weighted by Crippen LogP contribution is 2.37. The Balaban J connectivity index is 1.34. The molecule has 1 amide bonds. The van der Waals surface area contributed by atoms with Crippen LogP contribution in [-0.4, -0.2) is 48.4 Å². The highest BCUT2D eigenvalue weighted by molar-refractivity contribution is 7.89. The number of hydrogen-bond acceptors (Lipinski definition) is 7. The fourth-order valence-corrected chi connectivity index (χ4v) is 6.83. The molecular weight excluding hydrogens is 486 g/mol. The van der Waals surface area contributed by atoms with Crippen LogP contribution in [0.3, 0.4) is 0 Å². The number of anilines is 1. The lowest BCUT2D eigenvalue weighted by atomic mass is 10.1. The normalized spacial score (nSPS) is 16.4. The summed E-state index contributed by atoms with van der Waals surface area (Å²) in [7, 11) is -2.35. The Labute approximate surface area is 206 Å². The highest BCUT2D eigenvalue weighted by Gasteiger charge is 2.39. The van der Waals surface area contributed by atoms with Gasteiger partial charge in [-0.3, -0.25) is 4.79 Å². The van der Waals surface area contributed by atoms with Crippen LogP contribution in [0.4, 0.5) is 5.69 Å². The van der Waals surface area contributed by atoms with Crippen molar-refractivity contribution in [1.29, 1.82) is 0 Å². The lowest BCUT2D eigenvalue weighted by Gasteiger charge is -2.23. The number of fused-ring (bicyclic) bond motifs is 1. The SMILES string of the molecule is COc1ccc(S(=O)(=O)N2CCCC2C(=O)Nc2ccc(-c3nc4ccccc4s3)c(O)c2)cc1. The zero-order valence-electron chi connectivity index (χ0n) is 18.8. The van der Waals surface area contributed by atoms with Gasteiger partial charge in [-0.1, -0.05) is 12.1 Å². The highest BCUT2D eigenvalue weighted by atomic mass is 32.2. The predicted octanol–water partition coefficient (Wildman–Crippen LogP) is 4.47. The number of nitrogens with one attached hydrogen (secondary N) is 1. The van der Waals surface area contributed by atoms with Crippen molar-refractivity contribution < 1.29 is 23.1 Å². The lowest BCUT2D eigenvalue weighted by Crippen LogP contribution is -2.43. The van der Waals surface area contributed by atoms with Gasteiger partial charge < -0.3 is 15.2 Å². The monoisotopic (exact) mass is 509 g/mol. The molecular formula is C25H23N3O5S2. The van der Waals surface area contributed by atoms with Crippen LogP contribution in [0, 0.1) is 0 Å². The average molecular weight is 510 g/mol. The van der Waals surface area contributed by atoms with E-state index in [1.807, 2.05) is 24.3 Å². The number of phenols is 1. The van der Waals surface area contributed by atoms with Gasteiger partial charge in [-0.15, -0.1) is 11.3 Å². The molecule has 0 spiro atoms. The average Bonchev–Trinajstić information content (AvgIpc) is 3.52. The van der Waals surface area contributed by atoms with E-state index in [1.165, 1.54) is 41.0 Å². The Kier molecular flexibility index (Phi) is 6.18. The van der Waals surface area contributed by atoms with Gasteiger partial charge in [-0.25, -0.2) is 13.4 Å². The minimum atomic E-state index is -3.85. The summed E-state index contributed by atoms with van der Waals surface area (Å²) in [5, 5.41) is 14.1. The van der Waals surface area contributed by atoms with Crippen molar-refractivity contribution in [2.24, 2.45) is 0 Å². The number of rotatable bonds is 6. The maximum absolute atomic E-state index is 13.2. The number of aromatic nitrogens is 1. The minimum absolute atomic E-state index is 0.0176. The molecule has 1 unspecified atom stereocenters. The number of methoxy groups -OCH3 is 1. The number of benzene rings is 3. The van der Waals surface area contributed by atoms with Gasteiger partial charge in [-0.05, 0) is 61.4 Å². The summed E-state index contributed by atoms with van der Waals surface area (Å²) in [6.45, 7) is 0.258. The Morgan fingerprint density at radius 1 is 1.14 bits per heavy atom. The van der Waals surface area contributed by atoms with E-state index in [4.69, 9.17) is 4.74 Å². The molecule has 1 atom stereocenters. The van der Waals surface area contributed by atoms with E-state index >= 15 is 0 Å². The molecule has 0 saturated carbocycles. The van der Waals surface area contributed by atoms with E-state index < -0.39 is 22.0 Å². The van der Waals surface area contributed by atoms with E-state index in [-0.39, 0.29) is 17.2 Å². The summed E-state index contributed by atoms with van der Waals surface area (Å²) >= 11 is 1.47. The van der Waals surface area contributed by atoms with Crippen molar-refractivity contribution in [1.82, 2.24) is 9.29 Å². The number of carbonyl (C=O) groups is 1. The number of ether oxygens (including phenoxy) is 1. The van der Waals surface area contributed by atoms with Crippen molar-refractivity contribution in [3.63, 3.8) is 0 Å². The molecule has 1 aliphatic heterocycles. The van der Waals surface area contributed by atoms with Gasteiger partial charge in [0, 0.05) is 18.3 Å². The standard InChI is InChI=1S/C25H23N3O5S2/c1-33-17-9-11-18(12-10-17)35(31,32)28-14-4-6-21(28)24(30)26-16-8-13-19(22(29)15-16)25-27-20-5-2-3-7-23(20)34-25/h2-3,5,7-13,15,21,29H,4,6,14H2,1H3,(H,26,30). The van der Waals surface area contributed by atoms with Crippen molar-refractivity contribution in [2.45, 2.75) is 23.8 Å². The summed E-state index contributed by atoms with van der Waals surface area (Å²) < 4.78 is 33.7. The van der Waals surface area contributed by atoms with Crippen LogP contribution in [0.25, 0.3) is 20.8 Å². The number of para-hydroxylation sites is 1. The molecule has 5 rings (SSSR count). The fraction of sp³-hybridized carbons (Fsp3) is 0.200. The zero-order chi connectivity index (χ0) is 24.6. The van der Waals surface area contributed by atoms with Crippen LogP contribution < -0.4 is 10.1 Å². The zero-order valence-corrected chi connectivity index (χ0v) is 20.5. The second-order valence-corrected chi connectivity index (χ2v) is 11.1. The van der Waals surface area contributed by atoms with E-state index in [0.29, 0.717) is 34.8 Å². The first-order chi connectivity index (χ1) is 16.9.